The minimum Gasteiger partial charge on any atom is -0.452 e. The van der Waals surface area contributed by atoms with Crippen LogP contribution in [0.15, 0.2) is 42.5 Å². The Morgan fingerprint density at radius 2 is 1.60 bits per heavy atom. The van der Waals surface area contributed by atoms with Crippen LogP contribution in [0.25, 0.3) is 10.9 Å². The molecule has 2 aromatic carbocycles. The molecule has 0 aliphatic carbocycles. The van der Waals surface area contributed by atoms with Crippen molar-refractivity contribution in [3.05, 3.63) is 70.4 Å². The van der Waals surface area contributed by atoms with Gasteiger partial charge in [-0.1, -0.05) is 57.2 Å². The Morgan fingerprint density at radius 3 is 2.23 bits per heavy atom. The summed E-state index contributed by atoms with van der Waals surface area (Å²) in [6.07, 6.45) is 2.33. The largest absolute Gasteiger partial charge is 0.452 e. The summed E-state index contributed by atoms with van der Waals surface area (Å²) in [5.74, 6) is -0.846. The molecule has 0 atom stereocenters. The van der Waals surface area contributed by atoms with Gasteiger partial charge in [0.2, 0.25) is 0 Å². The number of carbonyl (C=O) groups is 2. The van der Waals surface area contributed by atoms with Gasteiger partial charge in [-0.2, -0.15) is 0 Å². The molecule has 0 spiro atoms. The first kappa shape index (κ1) is 21.5. The van der Waals surface area contributed by atoms with Crippen molar-refractivity contribution in [3.63, 3.8) is 0 Å². The lowest BCUT2D eigenvalue weighted by Crippen LogP contribution is -2.23. The van der Waals surface area contributed by atoms with Gasteiger partial charge < -0.3 is 10.1 Å². The van der Waals surface area contributed by atoms with Gasteiger partial charge in [0, 0.05) is 16.8 Å². The molecule has 1 N–H and O–H groups in total. The van der Waals surface area contributed by atoms with E-state index in [4.69, 9.17) is 4.74 Å². The van der Waals surface area contributed by atoms with Gasteiger partial charge >= 0.3 is 5.97 Å². The predicted octanol–water partition coefficient (Wildman–Crippen LogP) is 5.03. The Labute approximate surface area is 177 Å². The number of ether oxygens (including phenoxy) is 1. The predicted molar refractivity (Wildman–Crippen MR) is 120 cm³/mol. The maximum absolute atomic E-state index is 12.9. The molecular weight excluding hydrogens is 376 g/mol. The first-order valence-corrected chi connectivity index (χ1v) is 10.5. The first-order chi connectivity index (χ1) is 14.5. The molecule has 0 bridgehead atoms. The van der Waals surface area contributed by atoms with E-state index in [9.17, 15) is 9.59 Å². The van der Waals surface area contributed by atoms with E-state index in [0.29, 0.717) is 12.0 Å². The number of benzene rings is 2. The van der Waals surface area contributed by atoms with Crippen LogP contribution in [0.2, 0.25) is 0 Å². The van der Waals surface area contributed by atoms with Gasteiger partial charge in [0.15, 0.2) is 6.61 Å². The molecule has 0 saturated heterocycles. The van der Waals surface area contributed by atoms with Crippen molar-refractivity contribution in [1.82, 2.24) is 4.98 Å². The zero-order valence-electron chi connectivity index (χ0n) is 18.0. The summed E-state index contributed by atoms with van der Waals surface area (Å²) >= 11 is 0. The second kappa shape index (κ2) is 9.53. The van der Waals surface area contributed by atoms with E-state index in [1.807, 2.05) is 70.2 Å². The quantitative estimate of drug-likeness (QED) is 0.561. The zero-order chi connectivity index (χ0) is 21.7. The van der Waals surface area contributed by atoms with Gasteiger partial charge in [-0.15, -0.1) is 0 Å². The topological polar surface area (TPSA) is 68.3 Å². The average Bonchev–Trinajstić information content (AvgIpc) is 2.77. The third-order valence-electron chi connectivity index (χ3n) is 5.37. The molecule has 1 aromatic heterocycles. The molecule has 3 rings (SSSR count). The van der Waals surface area contributed by atoms with Gasteiger partial charge in [0.1, 0.15) is 0 Å². The number of hydrogen-bond donors (Lipinski definition) is 1. The number of nitrogens with one attached hydrogen (secondary N) is 1. The van der Waals surface area contributed by atoms with E-state index in [1.54, 1.807) is 0 Å². The molecule has 0 aliphatic rings. The van der Waals surface area contributed by atoms with Crippen molar-refractivity contribution in [2.75, 3.05) is 11.9 Å². The van der Waals surface area contributed by atoms with Crippen LogP contribution < -0.4 is 5.32 Å². The molecule has 0 unspecified atom stereocenters. The lowest BCUT2D eigenvalue weighted by Gasteiger charge is -2.15. The molecule has 1 amide bonds. The summed E-state index contributed by atoms with van der Waals surface area (Å²) in [6.45, 7) is 7.64. The molecule has 0 saturated carbocycles. The highest BCUT2D eigenvalue weighted by atomic mass is 16.5. The van der Waals surface area contributed by atoms with Crippen LogP contribution >= 0.6 is 0 Å². The highest BCUT2D eigenvalue weighted by Crippen LogP contribution is 2.25. The monoisotopic (exact) mass is 404 g/mol. The van der Waals surface area contributed by atoms with Crippen molar-refractivity contribution in [2.24, 2.45) is 0 Å². The lowest BCUT2D eigenvalue weighted by atomic mass is 10.0. The third kappa shape index (κ3) is 4.35. The summed E-state index contributed by atoms with van der Waals surface area (Å²) in [5, 5.41) is 3.67. The van der Waals surface area contributed by atoms with Crippen molar-refractivity contribution in [3.8, 4) is 0 Å². The van der Waals surface area contributed by atoms with Gasteiger partial charge in [0.25, 0.3) is 5.91 Å². The number of anilines is 1. The Balaban J connectivity index is 1.80. The number of nitrogens with zero attached hydrogens (tertiary/aromatic N) is 1. The van der Waals surface area contributed by atoms with Gasteiger partial charge in [-0.25, -0.2) is 4.79 Å². The number of aromatic nitrogens is 1. The Hall–Kier alpha value is -3.21. The van der Waals surface area contributed by atoms with Crippen LogP contribution in [0.4, 0.5) is 5.69 Å². The van der Waals surface area contributed by atoms with Crippen LogP contribution in [-0.2, 0) is 28.8 Å². The van der Waals surface area contributed by atoms with E-state index in [2.05, 4.69) is 10.3 Å². The number of aryl methyl sites for hydroxylation is 3. The van der Waals surface area contributed by atoms with Crippen LogP contribution in [0.3, 0.4) is 0 Å². The molecule has 0 fully saturated rings. The van der Waals surface area contributed by atoms with Crippen molar-refractivity contribution < 1.29 is 14.3 Å². The average molecular weight is 405 g/mol. The number of carbonyl (C=O) groups excluding carboxylic acids is 2. The van der Waals surface area contributed by atoms with Crippen LogP contribution in [0.5, 0.6) is 0 Å². The van der Waals surface area contributed by atoms with E-state index in [1.165, 1.54) is 0 Å². The number of esters is 1. The van der Waals surface area contributed by atoms with E-state index < -0.39 is 5.97 Å². The summed E-state index contributed by atoms with van der Waals surface area (Å²) < 4.78 is 5.42. The van der Waals surface area contributed by atoms with Crippen LogP contribution in [-0.4, -0.2) is 23.5 Å². The minimum atomic E-state index is -0.504. The van der Waals surface area contributed by atoms with Crippen LogP contribution in [0, 0.1) is 6.92 Å². The standard InChI is InChI=1S/C25H28N2O3/c1-5-17-11-10-12-18(6-2)24(17)27-22(28)15-30-25(29)23-16(4)20(7-3)26-21-14-9-8-13-19(21)23/h8-14H,5-7,15H2,1-4H3,(H,27,28). The van der Waals surface area contributed by atoms with E-state index in [0.717, 1.165) is 51.8 Å². The van der Waals surface area contributed by atoms with Crippen molar-refractivity contribution in [1.29, 1.82) is 0 Å². The lowest BCUT2D eigenvalue weighted by molar-refractivity contribution is -0.119. The second-order valence-corrected chi connectivity index (χ2v) is 7.21. The number of fused-ring (bicyclic) bond motifs is 1. The minimum absolute atomic E-state index is 0.336. The third-order valence-corrected chi connectivity index (χ3v) is 5.37. The SMILES string of the molecule is CCc1cccc(CC)c1NC(=O)COC(=O)c1c(C)c(CC)nc2ccccc12. The fraction of sp³-hybridized carbons (Fsp3) is 0.320. The van der Waals surface area contributed by atoms with Gasteiger partial charge in [-0.05, 0) is 48.9 Å². The summed E-state index contributed by atoms with van der Waals surface area (Å²) in [6, 6.07) is 13.5. The summed E-state index contributed by atoms with van der Waals surface area (Å²) in [7, 11) is 0. The molecule has 0 aliphatic heterocycles. The normalized spacial score (nSPS) is 10.8. The smallest absolute Gasteiger partial charge is 0.339 e. The maximum atomic E-state index is 12.9. The fourth-order valence-electron chi connectivity index (χ4n) is 3.75. The number of para-hydroxylation sites is 2. The van der Waals surface area contributed by atoms with Crippen molar-refractivity contribution >= 4 is 28.5 Å². The van der Waals surface area contributed by atoms with E-state index in [-0.39, 0.29) is 12.5 Å². The number of hydrogen-bond acceptors (Lipinski definition) is 4. The Morgan fingerprint density at radius 1 is 0.933 bits per heavy atom. The molecule has 156 valence electrons. The fourth-order valence-corrected chi connectivity index (χ4v) is 3.75. The molecule has 0 radical (unpaired) electrons. The molecule has 30 heavy (non-hydrogen) atoms. The molecule has 3 aromatic rings. The van der Waals surface area contributed by atoms with Crippen LogP contribution in [0.1, 0.15) is 53.5 Å². The highest BCUT2D eigenvalue weighted by Gasteiger charge is 2.20. The molecule has 1 heterocycles. The number of amides is 1. The Bertz CT molecular complexity index is 1070. The van der Waals surface area contributed by atoms with E-state index >= 15 is 0 Å². The number of pyridine rings is 1. The van der Waals surface area contributed by atoms with Crippen molar-refractivity contribution in [2.45, 2.75) is 47.0 Å². The molecule has 5 nitrogen and oxygen atoms in total. The van der Waals surface area contributed by atoms with Gasteiger partial charge in [0.05, 0.1) is 11.1 Å². The Kier molecular flexibility index (Phi) is 6.83. The summed E-state index contributed by atoms with van der Waals surface area (Å²) in [5.41, 5.74) is 5.84. The summed E-state index contributed by atoms with van der Waals surface area (Å²) in [4.78, 5) is 30.1. The van der Waals surface area contributed by atoms with Gasteiger partial charge in [-0.3, -0.25) is 9.78 Å². The first-order valence-electron chi connectivity index (χ1n) is 10.5. The number of rotatable bonds is 7. The highest BCUT2D eigenvalue weighted by molar-refractivity contribution is 6.06. The zero-order valence-corrected chi connectivity index (χ0v) is 18.0. The molecule has 5 heteroatoms. The maximum Gasteiger partial charge on any atom is 0.339 e. The molecular formula is C25H28N2O3. The second-order valence-electron chi connectivity index (χ2n) is 7.21.